The molecule has 0 aliphatic heterocycles. The number of esters is 1. The van der Waals surface area contributed by atoms with Crippen LogP contribution in [-0.2, 0) is 4.74 Å². The standard InChI is InChI=1S/C25H23NO4/c1-3-22(23(27)18-7-5-4-6-8-18)30-25(29)20-13-15-21(16-14-20)26-24(28)19-11-9-17(2)10-12-19/h4-16,22H,3H2,1-2H3,(H,26,28)/t22-/m1/s1. The van der Waals surface area contributed by atoms with Crippen molar-refractivity contribution in [2.24, 2.45) is 0 Å². The summed E-state index contributed by atoms with van der Waals surface area (Å²) in [4.78, 5) is 37.3. The van der Waals surface area contributed by atoms with Crippen LogP contribution in [0.15, 0.2) is 78.9 Å². The van der Waals surface area contributed by atoms with E-state index in [2.05, 4.69) is 5.32 Å². The van der Waals surface area contributed by atoms with Crippen molar-refractivity contribution in [3.8, 4) is 0 Å². The lowest BCUT2D eigenvalue weighted by atomic mass is 10.0. The van der Waals surface area contributed by atoms with Crippen molar-refractivity contribution in [3.63, 3.8) is 0 Å². The molecule has 1 atom stereocenters. The fourth-order valence-corrected chi connectivity index (χ4v) is 2.91. The van der Waals surface area contributed by atoms with E-state index in [0.29, 0.717) is 28.8 Å². The number of nitrogens with one attached hydrogen (secondary N) is 1. The number of carbonyl (C=O) groups excluding carboxylic acids is 3. The van der Waals surface area contributed by atoms with Gasteiger partial charge in [0.25, 0.3) is 5.91 Å². The molecule has 0 bridgehead atoms. The zero-order valence-corrected chi connectivity index (χ0v) is 16.9. The molecule has 5 heteroatoms. The number of hydrogen-bond acceptors (Lipinski definition) is 4. The molecule has 3 aromatic carbocycles. The van der Waals surface area contributed by atoms with E-state index in [4.69, 9.17) is 4.74 Å². The maximum atomic E-state index is 12.5. The van der Waals surface area contributed by atoms with Crippen molar-refractivity contribution in [3.05, 3.63) is 101 Å². The highest BCUT2D eigenvalue weighted by Crippen LogP contribution is 2.16. The second-order valence-electron chi connectivity index (χ2n) is 6.93. The van der Waals surface area contributed by atoms with Gasteiger partial charge in [0, 0.05) is 16.8 Å². The number of anilines is 1. The van der Waals surface area contributed by atoms with Crippen molar-refractivity contribution < 1.29 is 19.1 Å². The van der Waals surface area contributed by atoms with Crippen LogP contribution in [0.4, 0.5) is 5.69 Å². The van der Waals surface area contributed by atoms with Crippen LogP contribution in [-0.4, -0.2) is 23.8 Å². The Labute approximate surface area is 175 Å². The SMILES string of the molecule is CC[C@@H](OC(=O)c1ccc(NC(=O)c2ccc(C)cc2)cc1)C(=O)c1ccccc1. The van der Waals surface area contributed by atoms with Gasteiger partial charge in [-0.2, -0.15) is 0 Å². The van der Waals surface area contributed by atoms with Crippen LogP contribution in [0.1, 0.15) is 50.0 Å². The molecule has 0 saturated carbocycles. The maximum Gasteiger partial charge on any atom is 0.338 e. The summed E-state index contributed by atoms with van der Waals surface area (Å²) in [6, 6.07) is 22.4. The van der Waals surface area contributed by atoms with Gasteiger partial charge in [0.15, 0.2) is 6.10 Å². The molecule has 0 radical (unpaired) electrons. The van der Waals surface area contributed by atoms with Crippen molar-refractivity contribution in [1.29, 1.82) is 0 Å². The third-order valence-corrected chi connectivity index (χ3v) is 4.66. The van der Waals surface area contributed by atoms with Gasteiger partial charge in [-0.3, -0.25) is 9.59 Å². The predicted molar refractivity (Wildman–Crippen MR) is 116 cm³/mol. The number of aryl methyl sites for hydroxylation is 1. The molecule has 1 N–H and O–H groups in total. The van der Waals surface area contributed by atoms with E-state index in [1.807, 2.05) is 25.1 Å². The third kappa shape index (κ3) is 5.20. The zero-order chi connectivity index (χ0) is 21.5. The van der Waals surface area contributed by atoms with Gasteiger partial charge in [0.1, 0.15) is 0 Å². The zero-order valence-electron chi connectivity index (χ0n) is 16.9. The normalized spacial score (nSPS) is 11.4. The quantitative estimate of drug-likeness (QED) is 0.443. The summed E-state index contributed by atoms with van der Waals surface area (Å²) in [5.41, 5.74) is 3.00. The molecule has 0 spiro atoms. The first kappa shape index (κ1) is 21.0. The molecule has 0 fully saturated rings. The monoisotopic (exact) mass is 401 g/mol. The number of ketones is 1. The topological polar surface area (TPSA) is 72.5 Å². The summed E-state index contributed by atoms with van der Waals surface area (Å²) in [7, 11) is 0. The van der Waals surface area contributed by atoms with Crippen LogP contribution < -0.4 is 5.32 Å². The molecule has 3 rings (SSSR count). The fourth-order valence-electron chi connectivity index (χ4n) is 2.91. The van der Waals surface area contributed by atoms with Crippen molar-refractivity contribution in [1.82, 2.24) is 0 Å². The first-order chi connectivity index (χ1) is 14.5. The summed E-state index contributed by atoms with van der Waals surface area (Å²) in [6.45, 7) is 3.75. The van der Waals surface area contributed by atoms with Gasteiger partial charge in [-0.15, -0.1) is 0 Å². The summed E-state index contributed by atoms with van der Waals surface area (Å²) >= 11 is 0. The summed E-state index contributed by atoms with van der Waals surface area (Å²) in [5, 5.41) is 2.79. The predicted octanol–water partition coefficient (Wildman–Crippen LogP) is 5.07. The Bertz CT molecular complexity index is 1030. The van der Waals surface area contributed by atoms with E-state index in [1.165, 1.54) is 0 Å². The molecule has 0 aliphatic carbocycles. The molecule has 0 heterocycles. The molecule has 5 nitrogen and oxygen atoms in total. The lowest BCUT2D eigenvalue weighted by molar-refractivity contribution is 0.0277. The molecule has 0 unspecified atom stereocenters. The molecule has 3 aromatic rings. The maximum absolute atomic E-state index is 12.5. The molecule has 0 aromatic heterocycles. The lowest BCUT2D eigenvalue weighted by Crippen LogP contribution is -2.26. The van der Waals surface area contributed by atoms with E-state index >= 15 is 0 Å². The Hall–Kier alpha value is -3.73. The van der Waals surface area contributed by atoms with Crippen molar-refractivity contribution >= 4 is 23.3 Å². The summed E-state index contributed by atoms with van der Waals surface area (Å²) in [6.07, 6.45) is -0.467. The largest absolute Gasteiger partial charge is 0.450 e. The van der Waals surface area contributed by atoms with Gasteiger partial charge in [-0.25, -0.2) is 4.79 Å². The van der Waals surface area contributed by atoms with E-state index in [0.717, 1.165) is 5.56 Å². The molecular formula is C25H23NO4. The number of amides is 1. The van der Waals surface area contributed by atoms with Gasteiger partial charge in [-0.05, 0) is 49.7 Å². The van der Waals surface area contributed by atoms with E-state index < -0.39 is 12.1 Å². The van der Waals surface area contributed by atoms with Crippen LogP contribution in [0, 0.1) is 6.92 Å². The number of rotatable bonds is 7. The molecule has 1 amide bonds. The first-order valence-corrected chi connectivity index (χ1v) is 9.76. The van der Waals surface area contributed by atoms with E-state index in [-0.39, 0.29) is 11.7 Å². The van der Waals surface area contributed by atoms with Crippen LogP contribution >= 0.6 is 0 Å². The third-order valence-electron chi connectivity index (χ3n) is 4.66. The Morgan fingerprint density at radius 3 is 2.00 bits per heavy atom. The smallest absolute Gasteiger partial charge is 0.338 e. The van der Waals surface area contributed by atoms with Crippen LogP contribution in [0.5, 0.6) is 0 Å². The minimum absolute atomic E-state index is 0.228. The van der Waals surface area contributed by atoms with E-state index in [9.17, 15) is 14.4 Å². The van der Waals surface area contributed by atoms with E-state index in [1.54, 1.807) is 67.6 Å². The van der Waals surface area contributed by atoms with Crippen LogP contribution in [0.25, 0.3) is 0 Å². The summed E-state index contributed by atoms with van der Waals surface area (Å²) in [5.74, 6) is -1.04. The fraction of sp³-hybridized carbons (Fsp3) is 0.160. The summed E-state index contributed by atoms with van der Waals surface area (Å²) < 4.78 is 5.43. The Morgan fingerprint density at radius 1 is 0.800 bits per heavy atom. The van der Waals surface area contributed by atoms with Gasteiger partial charge < -0.3 is 10.1 Å². The first-order valence-electron chi connectivity index (χ1n) is 9.76. The van der Waals surface area contributed by atoms with Gasteiger partial charge in [0.05, 0.1) is 5.56 Å². The highest BCUT2D eigenvalue weighted by atomic mass is 16.5. The van der Waals surface area contributed by atoms with Crippen LogP contribution in [0.3, 0.4) is 0 Å². The Balaban J connectivity index is 1.63. The molecule has 0 saturated heterocycles. The molecular weight excluding hydrogens is 378 g/mol. The highest BCUT2D eigenvalue weighted by Gasteiger charge is 2.23. The molecule has 0 aliphatic rings. The number of benzene rings is 3. The molecule has 30 heavy (non-hydrogen) atoms. The number of Topliss-reactive ketones (excluding diaryl/α,β-unsaturated/α-hetero) is 1. The second kappa shape index (κ2) is 9.65. The van der Waals surface area contributed by atoms with Gasteiger partial charge in [0.2, 0.25) is 5.78 Å². The average molecular weight is 401 g/mol. The number of hydrogen-bond donors (Lipinski definition) is 1. The van der Waals surface area contributed by atoms with Crippen molar-refractivity contribution in [2.45, 2.75) is 26.4 Å². The van der Waals surface area contributed by atoms with Gasteiger partial charge in [-0.1, -0.05) is 55.0 Å². The Morgan fingerprint density at radius 2 is 1.40 bits per heavy atom. The minimum atomic E-state index is -0.846. The van der Waals surface area contributed by atoms with Crippen molar-refractivity contribution in [2.75, 3.05) is 5.32 Å². The number of carbonyl (C=O) groups is 3. The Kier molecular flexibility index (Phi) is 6.75. The van der Waals surface area contributed by atoms with Crippen LogP contribution in [0.2, 0.25) is 0 Å². The second-order valence-corrected chi connectivity index (χ2v) is 6.93. The molecule has 152 valence electrons. The highest BCUT2D eigenvalue weighted by molar-refractivity contribution is 6.04. The minimum Gasteiger partial charge on any atom is -0.450 e. The average Bonchev–Trinajstić information content (AvgIpc) is 2.78. The van der Waals surface area contributed by atoms with Gasteiger partial charge >= 0.3 is 5.97 Å². The number of ether oxygens (including phenoxy) is 1. The lowest BCUT2D eigenvalue weighted by Gasteiger charge is -2.15.